The molecule has 1 amide bonds. The van der Waals surface area contributed by atoms with Crippen LogP contribution in [-0.4, -0.2) is 110 Å². The highest BCUT2D eigenvalue weighted by Crippen LogP contribution is 2.27. The van der Waals surface area contributed by atoms with Crippen molar-refractivity contribution in [1.82, 2.24) is 19.7 Å². The van der Waals surface area contributed by atoms with Gasteiger partial charge in [0.15, 0.2) is 17.2 Å². The smallest absolute Gasteiger partial charge is 0.275 e. The van der Waals surface area contributed by atoms with E-state index in [2.05, 4.69) is 14.8 Å². The monoisotopic (exact) mass is 504 g/mol. The van der Waals surface area contributed by atoms with Crippen molar-refractivity contribution in [1.29, 1.82) is 0 Å². The predicted octanol–water partition coefficient (Wildman–Crippen LogP) is 1.91. The fourth-order valence-electron chi connectivity index (χ4n) is 4.09. The van der Waals surface area contributed by atoms with Crippen molar-refractivity contribution in [2.45, 2.75) is 39.0 Å². The third kappa shape index (κ3) is 8.19. The molecule has 1 aliphatic heterocycles. The van der Waals surface area contributed by atoms with Crippen LogP contribution in [0.5, 0.6) is 11.5 Å². The minimum absolute atomic E-state index is 0.117. The molecule has 1 fully saturated rings. The van der Waals surface area contributed by atoms with Gasteiger partial charge >= 0.3 is 0 Å². The van der Waals surface area contributed by atoms with Gasteiger partial charge < -0.3 is 28.6 Å². The largest absolute Gasteiger partial charge is 0.493 e. The van der Waals surface area contributed by atoms with Crippen molar-refractivity contribution in [2.75, 3.05) is 67.1 Å². The Morgan fingerprint density at radius 1 is 1.14 bits per heavy atom. The Balaban J connectivity index is 1.43. The van der Waals surface area contributed by atoms with Crippen LogP contribution in [0.4, 0.5) is 0 Å². The van der Waals surface area contributed by atoms with Gasteiger partial charge in [-0.05, 0) is 38.0 Å². The maximum absolute atomic E-state index is 12.8. The fourth-order valence-corrected chi connectivity index (χ4v) is 4.09. The molecule has 1 unspecified atom stereocenters. The third-order valence-electron chi connectivity index (χ3n) is 6.22. The molecule has 0 spiro atoms. The zero-order valence-electron chi connectivity index (χ0n) is 22.1. The molecule has 200 valence electrons. The number of oxazole rings is 1. The number of nitrogens with zero attached hydrogens (tertiary/aromatic N) is 4. The van der Waals surface area contributed by atoms with Gasteiger partial charge in [-0.3, -0.25) is 14.6 Å². The van der Waals surface area contributed by atoms with Crippen molar-refractivity contribution in [3.8, 4) is 11.5 Å². The standard InChI is InChI=1S/C26H40N4O6/c1-19(2)35-17-21(31)15-29-10-12-30(13-11-29)16-25-27-22(18-36-25)26(32)28(3)9-8-20-6-7-23(33-4)24(14-20)34-5/h6-7,14,18-19,21,31H,8-13,15-17H2,1-5H3. The molecular formula is C26H40N4O6. The van der Waals surface area contributed by atoms with Gasteiger partial charge in [0.1, 0.15) is 6.26 Å². The van der Waals surface area contributed by atoms with Crippen molar-refractivity contribution < 1.29 is 28.5 Å². The number of carbonyl (C=O) groups is 1. The summed E-state index contributed by atoms with van der Waals surface area (Å²) < 4.78 is 21.7. The number of β-amino-alcohol motifs (C(OH)–C–C–N with tert-alkyl or cyclic N) is 1. The number of methoxy groups -OCH3 is 2. The third-order valence-corrected chi connectivity index (χ3v) is 6.22. The molecule has 2 aromatic rings. The molecule has 1 aliphatic rings. The lowest BCUT2D eigenvalue weighted by Crippen LogP contribution is -2.48. The molecular weight excluding hydrogens is 464 g/mol. The molecule has 10 nitrogen and oxygen atoms in total. The first kappa shape index (κ1) is 27.9. The molecule has 1 atom stereocenters. The van der Waals surface area contributed by atoms with Crippen LogP contribution in [0.1, 0.15) is 35.8 Å². The van der Waals surface area contributed by atoms with Gasteiger partial charge in [0.2, 0.25) is 5.89 Å². The minimum atomic E-state index is -0.483. The Morgan fingerprint density at radius 2 is 1.83 bits per heavy atom. The van der Waals surface area contributed by atoms with Crippen molar-refractivity contribution >= 4 is 5.91 Å². The Bertz CT molecular complexity index is 958. The van der Waals surface area contributed by atoms with Gasteiger partial charge in [0.05, 0.1) is 39.6 Å². The molecule has 1 saturated heterocycles. The van der Waals surface area contributed by atoms with Crippen molar-refractivity contribution in [3.05, 3.63) is 41.6 Å². The van der Waals surface area contributed by atoms with E-state index in [1.165, 1.54) is 6.26 Å². The van der Waals surface area contributed by atoms with Gasteiger partial charge in [0, 0.05) is 46.3 Å². The first-order chi connectivity index (χ1) is 17.3. The molecule has 2 heterocycles. The lowest BCUT2D eigenvalue weighted by atomic mass is 10.1. The number of rotatable bonds is 13. The number of aliphatic hydroxyl groups excluding tert-OH is 1. The van der Waals surface area contributed by atoms with E-state index >= 15 is 0 Å². The van der Waals surface area contributed by atoms with Crippen LogP contribution in [0, 0.1) is 0 Å². The Morgan fingerprint density at radius 3 is 2.50 bits per heavy atom. The number of piperazine rings is 1. The second-order valence-electron chi connectivity index (χ2n) is 9.41. The molecule has 10 heteroatoms. The van der Waals surface area contributed by atoms with Gasteiger partial charge in [-0.15, -0.1) is 0 Å². The van der Waals surface area contributed by atoms with Crippen LogP contribution in [0.25, 0.3) is 0 Å². The van der Waals surface area contributed by atoms with E-state index in [1.807, 2.05) is 32.0 Å². The molecule has 1 N–H and O–H groups in total. The summed E-state index contributed by atoms with van der Waals surface area (Å²) in [5.74, 6) is 1.71. The molecule has 0 saturated carbocycles. The van der Waals surface area contributed by atoms with E-state index in [4.69, 9.17) is 18.6 Å². The topological polar surface area (TPSA) is 101 Å². The number of aromatic nitrogens is 1. The summed E-state index contributed by atoms with van der Waals surface area (Å²) in [5, 5.41) is 10.1. The summed E-state index contributed by atoms with van der Waals surface area (Å²) in [6, 6.07) is 5.75. The average Bonchev–Trinajstić information content (AvgIpc) is 3.34. The Kier molecular flexibility index (Phi) is 10.5. The second-order valence-corrected chi connectivity index (χ2v) is 9.41. The van der Waals surface area contributed by atoms with Crippen molar-refractivity contribution in [2.24, 2.45) is 0 Å². The van der Waals surface area contributed by atoms with E-state index in [9.17, 15) is 9.90 Å². The van der Waals surface area contributed by atoms with Gasteiger partial charge in [0.25, 0.3) is 5.91 Å². The van der Waals surface area contributed by atoms with Crippen LogP contribution in [-0.2, 0) is 17.7 Å². The fraction of sp³-hybridized carbons (Fsp3) is 0.615. The first-order valence-electron chi connectivity index (χ1n) is 12.4. The molecule has 1 aromatic carbocycles. The van der Waals surface area contributed by atoms with Crippen LogP contribution < -0.4 is 9.47 Å². The number of hydrogen-bond acceptors (Lipinski definition) is 9. The Labute approximate surface area is 213 Å². The van der Waals surface area contributed by atoms with E-state index in [1.54, 1.807) is 26.2 Å². The molecule has 1 aromatic heterocycles. The summed E-state index contributed by atoms with van der Waals surface area (Å²) in [6.07, 6.45) is 1.75. The molecule has 0 radical (unpaired) electrons. The van der Waals surface area contributed by atoms with E-state index < -0.39 is 6.10 Å². The summed E-state index contributed by atoms with van der Waals surface area (Å²) in [6.45, 7) is 9.36. The van der Waals surface area contributed by atoms with Gasteiger partial charge in [-0.25, -0.2) is 4.98 Å². The number of aliphatic hydroxyl groups is 1. The highest BCUT2D eigenvalue weighted by Gasteiger charge is 2.22. The second kappa shape index (κ2) is 13.6. The van der Waals surface area contributed by atoms with Gasteiger partial charge in [-0.2, -0.15) is 0 Å². The Hall–Kier alpha value is -2.66. The van der Waals surface area contributed by atoms with E-state index in [-0.39, 0.29) is 12.0 Å². The van der Waals surface area contributed by atoms with Crippen LogP contribution in [0.2, 0.25) is 0 Å². The lowest BCUT2D eigenvalue weighted by molar-refractivity contribution is -0.0151. The van der Waals surface area contributed by atoms with Crippen molar-refractivity contribution in [3.63, 3.8) is 0 Å². The van der Waals surface area contributed by atoms with Crippen LogP contribution in [0.15, 0.2) is 28.9 Å². The summed E-state index contributed by atoms with van der Waals surface area (Å²) >= 11 is 0. The SMILES string of the molecule is COc1ccc(CCN(C)C(=O)c2coc(CN3CCN(CC(O)COC(C)C)CC3)n2)cc1OC. The quantitative estimate of drug-likeness (QED) is 0.438. The number of amides is 1. The minimum Gasteiger partial charge on any atom is -0.493 e. The maximum atomic E-state index is 12.8. The number of carbonyl (C=O) groups excluding carboxylic acids is 1. The maximum Gasteiger partial charge on any atom is 0.275 e. The first-order valence-corrected chi connectivity index (χ1v) is 12.4. The van der Waals surface area contributed by atoms with Crippen LogP contribution in [0.3, 0.4) is 0 Å². The molecule has 3 rings (SSSR count). The number of hydrogen-bond donors (Lipinski definition) is 1. The summed E-state index contributed by atoms with van der Waals surface area (Å²) in [5.41, 5.74) is 1.36. The lowest BCUT2D eigenvalue weighted by Gasteiger charge is -2.35. The number of likely N-dealkylation sites (N-methyl/N-ethyl adjacent to an activating group) is 1. The predicted molar refractivity (Wildman–Crippen MR) is 136 cm³/mol. The number of benzene rings is 1. The average molecular weight is 505 g/mol. The number of ether oxygens (including phenoxy) is 3. The van der Waals surface area contributed by atoms with Gasteiger partial charge in [-0.1, -0.05) is 6.07 Å². The highest BCUT2D eigenvalue weighted by atomic mass is 16.5. The zero-order chi connectivity index (χ0) is 26.1. The van der Waals surface area contributed by atoms with Crippen LogP contribution >= 0.6 is 0 Å². The molecule has 0 bridgehead atoms. The zero-order valence-corrected chi connectivity index (χ0v) is 22.1. The summed E-state index contributed by atoms with van der Waals surface area (Å²) in [4.78, 5) is 23.4. The summed E-state index contributed by atoms with van der Waals surface area (Å²) in [7, 11) is 4.97. The highest BCUT2D eigenvalue weighted by molar-refractivity contribution is 5.91. The normalized spacial score (nSPS) is 15.8. The van der Waals surface area contributed by atoms with E-state index in [0.29, 0.717) is 55.7 Å². The molecule has 36 heavy (non-hydrogen) atoms. The van der Waals surface area contributed by atoms with E-state index in [0.717, 1.165) is 31.7 Å². The molecule has 0 aliphatic carbocycles.